The fourth-order valence-corrected chi connectivity index (χ4v) is 3.86. The Balaban J connectivity index is 1.79. The molecule has 3 rings (SSSR count). The maximum Gasteiger partial charge on any atom is 0.269 e. The van der Waals surface area contributed by atoms with Crippen LogP contribution in [0.15, 0.2) is 35.3 Å². The van der Waals surface area contributed by atoms with Crippen molar-refractivity contribution in [1.82, 2.24) is 18.8 Å². The molecule has 1 fully saturated rings. The summed E-state index contributed by atoms with van der Waals surface area (Å²) in [6.45, 7) is 1.39. The van der Waals surface area contributed by atoms with Crippen molar-refractivity contribution in [2.45, 2.75) is 13.0 Å². The van der Waals surface area contributed by atoms with Crippen molar-refractivity contribution in [3.63, 3.8) is 0 Å². The lowest BCUT2D eigenvalue weighted by molar-refractivity contribution is -0.131. The molecule has 134 valence electrons. The summed E-state index contributed by atoms with van der Waals surface area (Å²) in [5.41, 5.74) is 0.921. The number of amides is 1. The molecular weight excluding hydrogens is 344 g/mol. The van der Waals surface area contributed by atoms with Crippen molar-refractivity contribution < 1.29 is 13.2 Å². The van der Waals surface area contributed by atoms with Gasteiger partial charge in [-0.05, 0) is 18.6 Å². The highest BCUT2D eigenvalue weighted by Gasteiger charge is 2.24. The van der Waals surface area contributed by atoms with Gasteiger partial charge in [0.2, 0.25) is 15.9 Å². The smallest absolute Gasteiger partial charge is 0.269 e. The molecule has 1 aliphatic heterocycles. The molecule has 25 heavy (non-hydrogen) atoms. The first kappa shape index (κ1) is 17.6. The summed E-state index contributed by atoms with van der Waals surface area (Å²) in [5, 5.41) is 0. The first-order chi connectivity index (χ1) is 11.9. The van der Waals surface area contributed by atoms with E-state index in [1.165, 1.54) is 21.3 Å². The number of carbonyl (C=O) groups is 1. The number of benzene rings is 1. The maximum absolute atomic E-state index is 12.7. The van der Waals surface area contributed by atoms with Crippen molar-refractivity contribution in [1.29, 1.82) is 0 Å². The molecule has 2 aromatic rings. The SMILES string of the molecule is CS(=O)(=O)N1CCCN(C(=O)Cn2c(=O)cnc3ccccc32)CC1. The van der Waals surface area contributed by atoms with E-state index in [0.29, 0.717) is 37.1 Å². The van der Waals surface area contributed by atoms with Crippen LogP contribution < -0.4 is 5.56 Å². The number of hydrogen-bond acceptors (Lipinski definition) is 5. The molecule has 1 aromatic heterocycles. The number of sulfonamides is 1. The van der Waals surface area contributed by atoms with Crippen LogP contribution in [0.2, 0.25) is 0 Å². The largest absolute Gasteiger partial charge is 0.340 e. The van der Waals surface area contributed by atoms with Crippen molar-refractivity contribution in [3.05, 3.63) is 40.8 Å². The van der Waals surface area contributed by atoms with E-state index in [-0.39, 0.29) is 24.6 Å². The Hall–Kier alpha value is -2.26. The molecule has 0 N–H and O–H groups in total. The van der Waals surface area contributed by atoms with E-state index in [0.717, 1.165) is 0 Å². The van der Waals surface area contributed by atoms with Gasteiger partial charge >= 0.3 is 0 Å². The van der Waals surface area contributed by atoms with E-state index >= 15 is 0 Å². The number of rotatable bonds is 3. The summed E-state index contributed by atoms with van der Waals surface area (Å²) in [4.78, 5) is 30.5. The van der Waals surface area contributed by atoms with E-state index in [9.17, 15) is 18.0 Å². The molecular formula is C16H20N4O4S. The molecule has 1 amide bonds. The highest BCUT2D eigenvalue weighted by atomic mass is 32.2. The molecule has 0 saturated carbocycles. The number of para-hydroxylation sites is 2. The van der Waals surface area contributed by atoms with Gasteiger partial charge in [0.25, 0.3) is 5.56 Å². The second-order valence-electron chi connectivity index (χ2n) is 6.07. The molecule has 0 radical (unpaired) electrons. The molecule has 0 bridgehead atoms. The van der Waals surface area contributed by atoms with E-state index in [4.69, 9.17) is 0 Å². The minimum absolute atomic E-state index is 0.0826. The lowest BCUT2D eigenvalue weighted by Crippen LogP contribution is -2.39. The number of hydrogen-bond donors (Lipinski definition) is 0. The lowest BCUT2D eigenvalue weighted by atomic mass is 10.3. The zero-order valence-electron chi connectivity index (χ0n) is 14.0. The molecule has 0 aliphatic carbocycles. The molecule has 1 aromatic carbocycles. The average molecular weight is 364 g/mol. The Morgan fingerprint density at radius 3 is 2.68 bits per heavy atom. The van der Waals surface area contributed by atoms with Gasteiger partial charge in [-0.15, -0.1) is 0 Å². The monoisotopic (exact) mass is 364 g/mol. The molecule has 0 atom stereocenters. The summed E-state index contributed by atoms with van der Waals surface area (Å²) < 4.78 is 26.1. The third-order valence-electron chi connectivity index (χ3n) is 4.32. The normalized spacial score (nSPS) is 16.8. The number of fused-ring (bicyclic) bond motifs is 1. The topological polar surface area (TPSA) is 92.6 Å². The summed E-state index contributed by atoms with van der Waals surface area (Å²) >= 11 is 0. The summed E-state index contributed by atoms with van der Waals surface area (Å²) in [5.74, 6) is -0.200. The Morgan fingerprint density at radius 1 is 1.16 bits per heavy atom. The van der Waals surface area contributed by atoms with Crippen LogP contribution in [-0.4, -0.2) is 65.5 Å². The van der Waals surface area contributed by atoms with Gasteiger partial charge in [-0.25, -0.2) is 17.7 Å². The van der Waals surface area contributed by atoms with E-state index in [1.54, 1.807) is 23.1 Å². The predicted molar refractivity (Wildman–Crippen MR) is 93.6 cm³/mol. The van der Waals surface area contributed by atoms with Crippen LogP contribution in [0.1, 0.15) is 6.42 Å². The minimum Gasteiger partial charge on any atom is -0.340 e. The number of aromatic nitrogens is 2. The summed E-state index contributed by atoms with van der Waals surface area (Å²) in [7, 11) is -3.26. The molecule has 1 saturated heterocycles. The van der Waals surface area contributed by atoms with Gasteiger partial charge in [-0.1, -0.05) is 12.1 Å². The third kappa shape index (κ3) is 3.88. The quantitative estimate of drug-likeness (QED) is 0.758. The molecule has 1 aliphatic rings. The summed E-state index contributed by atoms with van der Waals surface area (Å²) in [6, 6.07) is 7.15. The van der Waals surface area contributed by atoms with Crippen LogP contribution in [-0.2, 0) is 21.4 Å². The zero-order chi connectivity index (χ0) is 18.0. The maximum atomic E-state index is 12.7. The number of carbonyl (C=O) groups excluding carboxylic acids is 1. The molecule has 0 unspecified atom stereocenters. The van der Waals surface area contributed by atoms with E-state index in [1.807, 2.05) is 6.07 Å². The highest BCUT2D eigenvalue weighted by Crippen LogP contribution is 2.11. The van der Waals surface area contributed by atoms with Gasteiger partial charge in [0.15, 0.2) is 0 Å². The van der Waals surface area contributed by atoms with Gasteiger partial charge in [0.1, 0.15) is 6.54 Å². The predicted octanol–water partition coefficient (Wildman–Crippen LogP) is -0.110. The van der Waals surface area contributed by atoms with Crippen LogP contribution >= 0.6 is 0 Å². The van der Waals surface area contributed by atoms with Crippen LogP contribution in [0.25, 0.3) is 11.0 Å². The van der Waals surface area contributed by atoms with Crippen molar-refractivity contribution >= 4 is 27.0 Å². The Kier molecular flexibility index (Phi) is 4.87. The Labute approximate surface area is 145 Å². The van der Waals surface area contributed by atoms with Crippen LogP contribution in [0.4, 0.5) is 0 Å². The third-order valence-corrected chi connectivity index (χ3v) is 5.63. The van der Waals surface area contributed by atoms with Crippen LogP contribution in [0.3, 0.4) is 0 Å². The van der Waals surface area contributed by atoms with Crippen molar-refractivity contribution in [2.24, 2.45) is 0 Å². The average Bonchev–Trinajstić information content (AvgIpc) is 2.83. The Morgan fingerprint density at radius 2 is 1.92 bits per heavy atom. The Bertz CT molecular complexity index is 954. The number of nitrogens with zero attached hydrogens (tertiary/aromatic N) is 4. The minimum atomic E-state index is -3.26. The zero-order valence-corrected chi connectivity index (χ0v) is 14.8. The lowest BCUT2D eigenvalue weighted by Gasteiger charge is -2.21. The fraction of sp³-hybridized carbons (Fsp3) is 0.438. The van der Waals surface area contributed by atoms with Crippen molar-refractivity contribution in [2.75, 3.05) is 32.4 Å². The molecule has 9 heteroatoms. The highest BCUT2D eigenvalue weighted by molar-refractivity contribution is 7.88. The summed E-state index contributed by atoms with van der Waals surface area (Å²) in [6.07, 6.45) is 2.96. The standard InChI is InChI=1S/C16H20N4O4S/c1-25(23,24)19-8-4-7-18(9-10-19)16(22)12-20-14-6-3-2-5-13(14)17-11-15(20)21/h2-3,5-6,11H,4,7-10,12H2,1H3. The molecule has 2 heterocycles. The van der Waals surface area contributed by atoms with Crippen LogP contribution in [0.5, 0.6) is 0 Å². The van der Waals surface area contributed by atoms with Gasteiger partial charge in [0, 0.05) is 26.2 Å². The first-order valence-electron chi connectivity index (χ1n) is 8.04. The van der Waals surface area contributed by atoms with Gasteiger partial charge in [-0.3, -0.25) is 14.2 Å². The second-order valence-corrected chi connectivity index (χ2v) is 8.05. The molecule has 8 nitrogen and oxygen atoms in total. The van der Waals surface area contributed by atoms with Crippen LogP contribution in [0, 0.1) is 0 Å². The molecule has 0 spiro atoms. The second kappa shape index (κ2) is 6.93. The van der Waals surface area contributed by atoms with Gasteiger partial charge in [-0.2, -0.15) is 0 Å². The van der Waals surface area contributed by atoms with Gasteiger partial charge < -0.3 is 4.90 Å². The van der Waals surface area contributed by atoms with E-state index < -0.39 is 10.0 Å². The van der Waals surface area contributed by atoms with Crippen molar-refractivity contribution in [3.8, 4) is 0 Å². The first-order valence-corrected chi connectivity index (χ1v) is 9.88. The fourth-order valence-electron chi connectivity index (χ4n) is 2.99. The van der Waals surface area contributed by atoms with E-state index in [2.05, 4.69) is 4.98 Å². The van der Waals surface area contributed by atoms with Gasteiger partial charge in [0.05, 0.1) is 23.5 Å².